The van der Waals surface area contributed by atoms with E-state index in [0.717, 1.165) is 6.42 Å². The van der Waals surface area contributed by atoms with Crippen LogP contribution in [0.1, 0.15) is 36.7 Å². The summed E-state index contributed by atoms with van der Waals surface area (Å²) in [5.41, 5.74) is 5.34. The molecule has 6 nitrogen and oxygen atoms in total. The molecule has 98 valence electrons. The third kappa shape index (κ3) is 4.82. The minimum absolute atomic E-state index is 0.0833. The van der Waals surface area contributed by atoms with Crippen LogP contribution in [-0.2, 0) is 4.79 Å². The zero-order valence-corrected chi connectivity index (χ0v) is 10.2. The molecule has 6 heteroatoms. The number of nitrogens with one attached hydrogen (secondary N) is 1. The Bertz CT molecular complexity index is 434. The highest BCUT2D eigenvalue weighted by Crippen LogP contribution is 2.09. The monoisotopic (exact) mass is 251 g/mol. The van der Waals surface area contributed by atoms with Crippen molar-refractivity contribution in [3.05, 3.63) is 23.9 Å². The number of amides is 1. The van der Waals surface area contributed by atoms with Gasteiger partial charge in [0.1, 0.15) is 11.5 Å². The number of nitrogens with zero attached hydrogens (tertiary/aromatic N) is 1. The van der Waals surface area contributed by atoms with E-state index < -0.39 is 11.9 Å². The molecule has 0 bridgehead atoms. The molecule has 0 saturated carbocycles. The van der Waals surface area contributed by atoms with Crippen LogP contribution in [-0.4, -0.2) is 28.0 Å². The van der Waals surface area contributed by atoms with E-state index in [1.54, 1.807) is 18.2 Å². The van der Waals surface area contributed by atoms with Crippen LogP contribution in [0.4, 0.5) is 5.82 Å². The van der Waals surface area contributed by atoms with Gasteiger partial charge in [0.05, 0.1) is 0 Å². The van der Waals surface area contributed by atoms with E-state index in [-0.39, 0.29) is 18.2 Å². The number of primary amides is 1. The Balaban J connectivity index is 2.48. The van der Waals surface area contributed by atoms with Gasteiger partial charge in [-0.25, -0.2) is 4.98 Å². The Morgan fingerprint density at radius 3 is 2.83 bits per heavy atom. The molecule has 1 aromatic rings. The molecule has 4 N–H and O–H groups in total. The molecule has 1 atom stereocenters. The van der Waals surface area contributed by atoms with E-state index in [1.165, 1.54) is 0 Å². The number of carboxylic acids is 1. The average Bonchev–Trinajstić information content (AvgIpc) is 2.28. The first-order valence-corrected chi connectivity index (χ1v) is 5.74. The second-order valence-electron chi connectivity index (χ2n) is 4.10. The molecular weight excluding hydrogens is 234 g/mol. The quantitative estimate of drug-likeness (QED) is 0.676. The van der Waals surface area contributed by atoms with Gasteiger partial charge in [-0.1, -0.05) is 6.07 Å². The van der Waals surface area contributed by atoms with Gasteiger partial charge in [0, 0.05) is 12.5 Å². The van der Waals surface area contributed by atoms with Gasteiger partial charge in [0.15, 0.2) is 0 Å². The van der Waals surface area contributed by atoms with Crippen molar-refractivity contribution in [3.63, 3.8) is 0 Å². The number of nitrogens with two attached hydrogens (primary N) is 1. The van der Waals surface area contributed by atoms with Crippen LogP contribution in [0.15, 0.2) is 18.2 Å². The van der Waals surface area contributed by atoms with Crippen molar-refractivity contribution in [2.45, 2.75) is 32.2 Å². The van der Waals surface area contributed by atoms with Crippen LogP contribution in [0, 0.1) is 0 Å². The second-order valence-corrected chi connectivity index (χ2v) is 4.10. The van der Waals surface area contributed by atoms with Crippen molar-refractivity contribution in [2.24, 2.45) is 5.73 Å². The van der Waals surface area contributed by atoms with Crippen LogP contribution in [0.5, 0.6) is 0 Å². The lowest BCUT2D eigenvalue weighted by molar-refractivity contribution is -0.137. The Labute approximate surface area is 105 Å². The maximum absolute atomic E-state index is 11.0. The van der Waals surface area contributed by atoms with E-state index in [1.807, 2.05) is 6.92 Å². The molecule has 1 aromatic heterocycles. The molecule has 0 radical (unpaired) electrons. The third-order valence-corrected chi connectivity index (χ3v) is 2.42. The van der Waals surface area contributed by atoms with Gasteiger partial charge >= 0.3 is 5.97 Å². The van der Waals surface area contributed by atoms with Crippen molar-refractivity contribution in [1.82, 2.24) is 4.98 Å². The summed E-state index contributed by atoms with van der Waals surface area (Å²) in [5, 5.41) is 11.6. The smallest absolute Gasteiger partial charge is 0.303 e. The van der Waals surface area contributed by atoms with Crippen LogP contribution >= 0.6 is 0 Å². The molecule has 0 aliphatic rings. The molecule has 0 aromatic carbocycles. The summed E-state index contributed by atoms with van der Waals surface area (Å²) >= 11 is 0. The van der Waals surface area contributed by atoms with Gasteiger partial charge in [-0.15, -0.1) is 0 Å². The fourth-order valence-electron chi connectivity index (χ4n) is 1.54. The molecule has 0 aliphatic heterocycles. The SMILES string of the molecule is CC(CCCC(=O)O)Nc1cccc(C(N)=O)n1. The minimum atomic E-state index is -0.795. The Kier molecular flexibility index (Phi) is 5.10. The molecule has 18 heavy (non-hydrogen) atoms. The number of carbonyl (C=O) groups is 2. The van der Waals surface area contributed by atoms with Crippen molar-refractivity contribution in [3.8, 4) is 0 Å². The number of carbonyl (C=O) groups excluding carboxylic acids is 1. The molecule has 1 heterocycles. The Morgan fingerprint density at radius 2 is 2.22 bits per heavy atom. The highest BCUT2D eigenvalue weighted by molar-refractivity contribution is 5.91. The molecule has 0 aliphatic carbocycles. The molecule has 0 fully saturated rings. The molecule has 0 saturated heterocycles. The predicted octanol–water partition coefficient (Wildman–Crippen LogP) is 1.24. The van der Waals surface area contributed by atoms with Gasteiger partial charge in [-0.3, -0.25) is 9.59 Å². The maximum Gasteiger partial charge on any atom is 0.303 e. The molecule has 1 amide bonds. The normalized spacial score (nSPS) is 11.8. The maximum atomic E-state index is 11.0. The van der Waals surface area contributed by atoms with Crippen LogP contribution < -0.4 is 11.1 Å². The highest BCUT2D eigenvalue weighted by atomic mass is 16.4. The van der Waals surface area contributed by atoms with E-state index in [2.05, 4.69) is 10.3 Å². The number of hydrogen-bond acceptors (Lipinski definition) is 4. The van der Waals surface area contributed by atoms with Crippen LogP contribution in [0.2, 0.25) is 0 Å². The fourth-order valence-corrected chi connectivity index (χ4v) is 1.54. The number of aromatic nitrogens is 1. The number of pyridine rings is 1. The fraction of sp³-hybridized carbons (Fsp3) is 0.417. The van der Waals surface area contributed by atoms with Crippen molar-refractivity contribution in [1.29, 1.82) is 0 Å². The summed E-state index contributed by atoms with van der Waals surface area (Å²) in [6.07, 6.45) is 1.47. The first-order valence-electron chi connectivity index (χ1n) is 5.74. The Morgan fingerprint density at radius 1 is 1.50 bits per heavy atom. The number of hydrogen-bond donors (Lipinski definition) is 3. The van der Waals surface area contributed by atoms with Crippen molar-refractivity contribution < 1.29 is 14.7 Å². The standard InChI is InChI=1S/C12H17N3O3/c1-8(4-2-7-11(16)17)14-10-6-3-5-9(15-10)12(13)18/h3,5-6,8H,2,4,7H2,1H3,(H2,13,18)(H,14,15)(H,16,17). The summed E-state index contributed by atoms with van der Waals surface area (Å²) in [6.45, 7) is 1.93. The third-order valence-electron chi connectivity index (χ3n) is 2.42. The number of carboxylic acid groups (broad SMARTS) is 1. The van der Waals surface area contributed by atoms with Crippen molar-refractivity contribution in [2.75, 3.05) is 5.32 Å². The lowest BCUT2D eigenvalue weighted by atomic mass is 10.1. The van der Waals surface area contributed by atoms with Crippen LogP contribution in [0.3, 0.4) is 0 Å². The van der Waals surface area contributed by atoms with E-state index in [9.17, 15) is 9.59 Å². The molecule has 1 unspecified atom stereocenters. The molecular formula is C12H17N3O3. The number of aliphatic carboxylic acids is 1. The molecule has 0 spiro atoms. The topological polar surface area (TPSA) is 105 Å². The number of rotatable bonds is 7. The lowest BCUT2D eigenvalue weighted by Crippen LogP contribution is -2.18. The summed E-state index contributed by atoms with van der Waals surface area (Å²) in [6, 6.07) is 5.06. The zero-order chi connectivity index (χ0) is 13.5. The van der Waals surface area contributed by atoms with Gasteiger partial charge in [0.2, 0.25) is 0 Å². The predicted molar refractivity (Wildman–Crippen MR) is 67.3 cm³/mol. The van der Waals surface area contributed by atoms with Crippen molar-refractivity contribution >= 4 is 17.7 Å². The average molecular weight is 251 g/mol. The lowest BCUT2D eigenvalue weighted by Gasteiger charge is -2.14. The molecule has 1 rings (SSSR count). The van der Waals surface area contributed by atoms with Gasteiger partial charge < -0.3 is 16.2 Å². The van der Waals surface area contributed by atoms with Gasteiger partial charge in [0.25, 0.3) is 5.91 Å². The second kappa shape index (κ2) is 6.58. The summed E-state index contributed by atoms with van der Waals surface area (Å²) in [7, 11) is 0. The van der Waals surface area contributed by atoms with E-state index in [4.69, 9.17) is 10.8 Å². The van der Waals surface area contributed by atoms with E-state index >= 15 is 0 Å². The summed E-state index contributed by atoms with van der Waals surface area (Å²) < 4.78 is 0. The van der Waals surface area contributed by atoms with E-state index in [0.29, 0.717) is 12.2 Å². The summed E-state index contributed by atoms with van der Waals surface area (Å²) in [4.78, 5) is 25.4. The first-order chi connectivity index (χ1) is 8.49. The zero-order valence-electron chi connectivity index (χ0n) is 10.2. The largest absolute Gasteiger partial charge is 0.481 e. The summed E-state index contributed by atoms with van der Waals surface area (Å²) in [5.74, 6) is -0.803. The Hall–Kier alpha value is -2.11. The highest BCUT2D eigenvalue weighted by Gasteiger charge is 2.07. The van der Waals surface area contributed by atoms with Gasteiger partial charge in [-0.05, 0) is 31.9 Å². The number of anilines is 1. The van der Waals surface area contributed by atoms with Crippen LogP contribution in [0.25, 0.3) is 0 Å². The minimum Gasteiger partial charge on any atom is -0.481 e. The van der Waals surface area contributed by atoms with Gasteiger partial charge in [-0.2, -0.15) is 0 Å². The first kappa shape index (κ1) is 14.0.